The molecule has 8 aliphatic rings. The summed E-state index contributed by atoms with van der Waals surface area (Å²) >= 11 is 0. The first kappa shape index (κ1) is 47.6. The monoisotopic (exact) mass is 900 g/mol. The molecule has 63 heavy (non-hydrogen) atoms. The second-order valence-electron chi connectivity index (χ2n) is 20.0. The molecular formula is C44H68O19. The minimum atomic E-state index is -1.72. The van der Waals surface area contributed by atoms with Crippen molar-refractivity contribution in [2.75, 3.05) is 26.9 Å². The Morgan fingerprint density at radius 3 is 2.19 bits per heavy atom. The Bertz CT molecular complexity index is 1680. The third-order valence-electron chi connectivity index (χ3n) is 16.7. The largest absolute Gasteiger partial charge is 0.462 e. The fourth-order valence-electron chi connectivity index (χ4n) is 13.3. The Morgan fingerprint density at radius 1 is 0.825 bits per heavy atom. The van der Waals surface area contributed by atoms with E-state index in [4.69, 9.17) is 42.6 Å². The fraction of sp³-hybridized carbons (Fsp3) is 0.909. The van der Waals surface area contributed by atoms with Gasteiger partial charge in [0.2, 0.25) is 0 Å². The molecule has 8 N–H and O–H groups in total. The lowest BCUT2D eigenvalue weighted by Gasteiger charge is -2.63. The molecule has 0 unspecified atom stereocenters. The van der Waals surface area contributed by atoms with E-state index >= 15 is 0 Å². The minimum Gasteiger partial charge on any atom is -0.462 e. The topological polar surface area (TPSA) is 279 Å². The molecule has 4 aliphatic carbocycles. The molecule has 0 aromatic rings. The summed E-state index contributed by atoms with van der Waals surface area (Å²) < 4.78 is 53.1. The highest BCUT2D eigenvalue weighted by Gasteiger charge is 2.71. The number of hydrogen-bond acceptors (Lipinski definition) is 19. The van der Waals surface area contributed by atoms with Gasteiger partial charge in [0.05, 0.1) is 37.1 Å². The molecule has 4 aliphatic heterocycles. The molecule has 3 saturated heterocycles. The average Bonchev–Trinajstić information content (AvgIpc) is 3.76. The number of carbonyl (C=O) groups is 2. The minimum absolute atomic E-state index is 0.000125. The predicted molar refractivity (Wildman–Crippen MR) is 213 cm³/mol. The first-order valence-electron chi connectivity index (χ1n) is 22.7. The van der Waals surface area contributed by atoms with Gasteiger partial charge in [0.25, 0.3) is 0 Å². The van der Waals surface area contributed by atoms with E-state index in [-0.39, 0.29) is 42.3 Å². The zero-order chi connectivity index (χ0) is 45.3. The summed E-state index contributed by atoms with van der Waals surface area (Å²) in [6, 6.07) is 0. The molecule has 0 aromatic carbocycles. The van der Waals surface area contributed by atoms with Crippen molar-refractivity contribution in [3.63, 3.8) is 0 Å². The Kier molecular flexibility index (Phi) is 13.8. The van der Waals surface area contributed by atoms with E-state index in [1.807, 2.05) is 0 Å². The molecule has 0 aromatic heterocycles. The first-order valence-corrected chi connectivity index (χ1v) is 22.7. The molecule has 0 amide bonds. The van der Waals surface area contributed by atoms with Crippen LogP contribution in [-0.2, 0) is 52.2 Å². The molecule has 8 rings (SSSR count). The number of hydrogen-bond donors (Lipinski definition) is 8. The molecule has 358 valence electrons. The third-order valence-corrected chi connectivity index (χ3v) is 16.7. The molecular weight excluding hydrogens is 832 g/mol. The van der Waals surface area contributed by atoms with E-state index in [1.165, 1.54) is 20.1 Å². The van der Waals surface area contributed by atoms with Gasteiger partial charge in [-0.25, -0.2) is 4.79 Å². The summed E-state index contributed by atoms with van der Waals surface area (Å²) in [4.78, 5) is 24.5. The van der Waals surface area contributed by atoms with Gasteiger partial charge < -0.3 is 83.5 Å². The summed E-state index contributed by atoms with van der Waals surface area (Å²) in [5.74, 6) is -0.528. The highest BCUT2D eigenvalue weighted by molar-refractivity contribution is 5.85. The highest BCUT2D eigenvalue weighted by atomic mass is 16.8. The molecule has 4 saturated carbocycles. The summed E-state index contributed by atoms with van der Waals surface area (Å²) in [5, 5.41) is 85.4. The van der Waals surface area contributed by atoms with Gasteiger partial charge in [-0.15, -0.1) is 0 Å². The molecule has 0 bridgehead atoms. The van der Waals surface area contributed by atoms with Crippen molar-refractivity contribution in [1.29, 1.82) is 0 Å². The number of cyclic esters (lactones) is 1. The SMILES string of the molecule is CO[C@H]1C[C@@H](O[C@H]2CC[C@]3(C)[C@@H](CC[C@H]4[C@H]3CC[C@@]3(C)[C@H](C5=CC(=O)OC5)[C@H](OC(C)=O)C[C@]43O)C2)O[C@H](C)[C@@H]1O[C@H]1O[C@@H](CO[C@@H]2O[C@H](CO)[C@@H](O)[C@H](O)[C@@H]2O)[C@H](O)[C@@H](O)[C@@H]1O. The third kappa shape index (κ3) is 8.43. The van der Waals surface area contributed by atoms with Crippen molar-refractivity contribution in [1.82, 2.24) is 0 Å². The number of carbonyl (C=O) groups excluding carboxylic acids is 2. The van der Waals surface area contributed by atoms with E-state index in [9.17, 15) is 50.4 Å². The number of esters is 2. The van der Waals surface area contributed by atoms with E-state index in [1.54, 1.807) is 6.92 Å². The van der Waals surface area contributed by atoms with E-state index in [2.05, 4.69) is 13.8 Å². The van der Waals surface area contributed by atoms with Gasteiger partial charge in [0.1, 0.15) is 67.6 Å². The Hall–Kier alpha value is -1.92. The summed E-state index contributed by atoms with van der Waals surface area (Å²) in [6.07, 6.45) is -10.8. The van der Waals surface area contributed by atoms with Crippen LogP contribution in [0.5, 0.6) is 0 Å². The zero-order valence-corrected chi connectivity index (χ0v) is 36.7. The van der Waals surface area contributed by atoms with Crippen molar-refractivity contribution in [2.24, 2.45) is 34.5 Å². The number of aliphatic hydroxyl groups excluding tert-OH is 7. The first-order chi connectivity index (χ1) is 29.8. The number of rotatable bonds is 11. The highest BCUT2D eigenvalue weighted by Crippen LogP contribution is 2.70. The molecule has 7 fully saturated rings. The van der Waals surface area contributed by atoms with Crippen LogP contribution in [0.2, 0.25) is 0 Å². The van der Waals surface area contributed by atoms with Gasteiger partial charge in [-0.05, 0) is 80.6 Å². The van der Waals surface area contributed by atoms with Crippen molar-refractivity contribution >= 4 is 11.9 Å². The molecule has 19 nitrogen and oxygen atoms in total. The maximum Gasteiger partial charge on any atom is 0.331 e. The lowest BCUT2D eigenvalue weighted by atomic mass is 9.43. The maximum absolute atomic E-state index is 12.9. The molecule has 4 heterocycles. The molecule has 0 radical (unpaired) electrons. The molecule has 19 heteroatoms. The van der Waals surface area contributed by atoms with Gasteiger partial charge in [0, 0.05) is 44.3 Å². The van der Waals surface area contributed by atoms with Gasteiger partial charge in [-0.2, -0.15) is 0 Å². The standard InChI is InChI=1S/C44H68O19/c1-19-39(63-41-38(53)36(51)34(49)29(62-41)18-57-40-37(52)35(50)33(48)28(16-45)61-40)26(55-5)14-31(58-19)60-23-8-10-42(3)22(13-23)6-7-25-24(42)9-11-43(4)32(21-12-30(47)56-17-21)27(59-20(2)46)15-44(25,43)54/h12,19,22-29,31-41,45,48-54H,6-11,13-18H2,1-5H3/t19-,22+,23+,24-,25+,26+,27-,28-,29+,31-,32-,33-,34+,35+,36-,37+,38+,39+,40-,41-,42-,43+,44+/m1/s1. The lowest BCUT2D eigenvalue weighted by molar-refractivity contribution is -0.355. The Morgan fingerprint density at radius 2 is 1.52 bits per heavy atom. The van der Waals surface area contributed by atoms with Gasteiger partial charge in [-0.3, -0.25) is 4.79 Å². The van der Waals surface area contributed by atoms with Crippen molar-refractivity contribution in [2.45, 2.75) is 189 Å². The Labute approximate surface area is 366 Å². The second-order valence-corrected chi connectivity index (χ2v) is 20.0. The fourth-order valence-corrected chi connectivity index (χ4v) is 13.3. The van der Waals surface area contributed by atoms with E-state index < -0.39 is 128 Å². The maximum atomic E-state index is 12.9. The van der Waals surface area contributed by atoms with Crippen LogP contribution < -0.4 is 0 Å². The lowest BCUT2D eigenvalue weighted by Crippen LogP contribution is -2.63. The molecule has 23 atom stereocenters. The van der Waals surface area contributed by atoms with Gasteiger partial charge >= 0.3 is 11.9 Å². The Balaban J connectivity index is 0.874. The number of methoxy groups -OCH3 is 1. The van der Waals surface area contributed by atoms with E-state index in [0.717, 1.165) is 50.5 Å². The quantitative estimate of drug-likeness (QED) is 0.0943. The van der Waals surface area contributed by atoms with Crippen LogP contribution in [0.3, 0.4) is 0 Å². The van der Waals surface area contributed by atoms with Crippen LogP contribution in [0.25, 0.3) is 0 Å². The second kappa shape index (κ2) is 18.3. The van der Waals surface area contributed by atoms with Crippen LogP contribution in [0.4, 0.5) is 0 Å². The molecule has 0 spiro atoms. The van der Waals surface area contributed by atoms with Crippen LogP contribution in [0.15, 0.2) is 11.6 Å². The van der Waals surface area contributed by atoms with Crippen LogP contribution in [-0.4, -0.2) is 184 Å². The van der Waals surface area contributed by atoms with Crippen molar-refractivity contribution < 1.29 is 93.1 Å². The summed E-state index contributed by atoms with van der Waals surface area (Å²) in [5.41, 5.74) is -0.944. The number of fused-ring (bicyclic) bond motifs is 5. The van der Waals surface area contributed by atoms with Crippen molar-refractivity contribution in [3.8, 4) is 0 Å². The van der Waals surface area contributed by atoms with Gasteiger partial charge in [0.15, 0.2) is 18.9 Å². The smallest absolute Gasteiger partial charge is 0.331 e. The van der Waals surface area contributed by atoms with Crippen LogP contribution in [0.1, 0.15) is 85.5 Å². The normalized spacial score (nSPS) is 52.3. The van der Waals surface area contributed by atoms with Crippen LogP contribution >= 0.6 is 0 Å². The zero-order valence-electron chi connectivity index (χ0n) is 36.7. The number of ether oxygens (including phenoxy) is 9. The number of aliphatic hydroxyl groups is 8. The average molecular weight is 901 g/mol. The summed E-state index contributed by atoms with van der Waals surface area (Å²) in [7, 11) is 1.52. The van der Waals surface area contributed by atoms with Crippen LogP contribution in [0, 0.1) is 34.5 Å². The van der Waals surface area contributed by atoms with Crippen molar-refractivity contribution in [3.05, 3.63) is 11.6 Å². The van der Waals surface area contributed by atoms with E-state index in [0.29, 0.717) is 12.3 Å². The summed E-state index contributed by atoms with van der Waals surface area (Å²) in [6.45, 7) is 6.62. The van der Waals surface area contributed by atoms with Gasteiger partial charge in [-0.1, -0.05) is 13.8 Å². The predicted octanol–water partition coefficient (Wildman–Crippen LogP) is -0.671.